The van der Waals surface area contributed by atoms with Crippen LogP contribution in [0, 0.1) is 0 Å². The lowest BCUT2D eigenvalue weighted by Gasteiger charge is -2.10. The number of hydrogen-bond acceptors (Lipinski definition) is 2. The van der Waals surface area contributed by atoms with Crippen molar-refractivity contribution in [2.75, 3.05) is 18.5 Å². The van der Waals surface area contributed by atoms with Gasteiger partial charge in [0.1, 0.15) is 5.75 Å². The third-order valence-electron chi connectivity index (χ3n) is 3.24. The number of rotatable bonds is 8. The molecular formula is C19H22N2OS. The maximum Gasteiger partial charge on any atom is 0.171 e. The molecule has 120 valence electrons. The van der Waals surface area contributed by atoms with Gasteiger partial charge in [0.25, 0.3) is 0 Å². The van der Waals surface area contributed by atoms with Gasteiger partial charge in [-0.3, -0.25) is 0 Å². The minimum Gasteiger partial charge on any atom is -0.494 e. The van der Waals surface area contributed by atoms with Gasteiger partial charge in [-0.2, -0.15) is 0 Å². The lowest BCUT2D eigenvalue weighted by molar-refractivity contribution is 0.311. The Morgan fingerprint density at radius 3 is 2.52 bits per heavy atom. The Morgan fingerprint density at radius 2 is 1.83 bits per heavy atom. The lowest BCUT2D eigenvalue weighted by Crippen LogP contribution is -2.28. The molecule has 0 saturated carbocycles. The molecule has 4 heteroatoms. The first-order chi connectivity index (χ1) is 11.3. The first-order valence-electron chi connectivity index (χ1n) is 7.70. The minimum atomic E-state index is 0.585. The zero-order chi connectivity index (χ0) is 16.3. The molecule has 2 aromatic rings. The second kappa shape index (κ2) is 9.64. The van der Waals surface area contributed by atoms with Crippen LogP contribution in [0.4, 0.5) is 5.69 Å². The number of nitrogens with one attached hydrogen (secondary N) is 2. The van der Waals surface area contributed by atoms with E-state index in [1.54, 1.807) is 6.08 Å². The molecule has 0 saturated heterocycles. The summed E-state index contributed by atoms with van der Waals surface area (Å²) in [6.07, 6.45) is 3.80. The van der Waals surface area contributed by atoms with E-state index in [-0.39, 0.29) is 0 Å². The monoisotopic (exact) mass is 326 g/mol. The van der Waals surface area contributed by atoms with E-state index < -0.39 is 0 Å². The van der Waals surface area contributed by atoms with Gasteiger partial charge in [0.15, 0.2) is 5.11 Å². The van der Waals surface area contributed by atoms with Gasteiger partial charge in [0.05, 0.1) is 6.61 Å². The van der Waals surface area contributed by atoms with Gasteiger partial charge in [-0.25, -0.2) is 0 Å². The Balaban J connectivity index is 1.70. The second-order valence-electron chi connectivity index (χ2n) is 5.09. The summed E-state index contributed by atoms with van der Waals surface area (Å²) < 4.78 is 5.76. The Hall–Kier alpha value is -2.33. The number of anilines is 1. The van der Waals surface area contributed by atoms with Gasteiger partial charge >= 0.3 is 0 Å². The average molecular weight is 326 g/mol. The lowest BCUT2D eigenvalue weighted by atomic mass is 10.1. The Bertz CT molecular complexity index is 611. The van der Waals surface area contributed by atoms with E-state index in [2.05, 4.69) is 41.5 Å². The predicted molar refractivity (Wildman–Crippen MR) is 101 cm³/mol. The van der Waals surface area contributed by atoms with Gasteiger partial charge in [-0.1, -0.05) is 36.4 Å². The summed E-state index contributed by atoms with van der Waals surface area (Å²) in [5.74, 6) is 0.869. The van der Waals surface area contributed by atoms with E-state index in [1.165, 1.54) is 5.56 Å². The molecule has 0 spiro atoms. The molecule has 0 aliphatic rings. The van der Waals surface area contributed by atoms with Gasteiger partial charge in [-0.15, -0.1) is 6.58 Å². The van der Waals surface area contributed by atoms with Crippen molar-refractivity contribution < 1.29 is 4.74 Å². The summed E-state index contributed by atoms with van der Waals surface area (Å²) in [5, 5.41) is 6.72. The fourth-order valence-electron chi connectivity index (χ4n) is 2.09. The quantitative estimate of drug-likeness (QED) is 0.433. The molecule has 0 atom stereocenters. The van der Waals surface area contributed by atoms with Gasteiger partial charge in [-0.05, 0) is 54.9 Å². The number of benzene rings is 2. The van der Waals surface area contributed by atoms with Crippen LogP contribution >= 0.6 is 12.2 Å². The molecule has 0 amide bonds. The van der Waals surface area contributed by atoms with E-state index in [0.29, 0.717) is 18.3 Å². The average Bonchev–Trinajstić information content (AvgIpc) is 2.59. The van der Waals surface area contributed by atoms with Crippen LogP contribution in [0.5, 0.6) is 5.75 Å². The standard InChI is InChI=1S/C19H22N2OS/c1-2-14-20-19(23)21-17-10-12-18(13-11-17)22-15-6-9-16-7-4-3-5-8-16/h2-5,7-8,10-13H,1,6,9,14-15H2,(H2,20,21,23). The SMILES string of the molecule is C=CCNC(=S)Nc1ccc(OCCCc2ccccc2)cc1. The molecule has 2 N–H and O–H groups in total. The van der Waals surface area contributed by atoms with Gasteiger partial charge in [0, 0.05) is 12.2 Å². The van der Waals surface area contributed by atoms with Crippen molar-refractivity contribution in [3.05, 3.63) is 72.8 Å². The minimum absolute atomic E-state index is 0.585. The van der Waals surface area contributed by atoms with E-state index in [1.807, 2.05) is 30.3 Å². The van der Waals surface area contributed by atoms with E-state index in [0.717, 1.165) is 24.3 Å². The van der Waals surface area contributed by atoms with Crippen molar-refractivity contribution in [1.29, 1.82) is 0 Å². The van der Waals surface area contributed by atoms with Crippen molar-refractivity contribution in [2.24, 2.45) is 0 Å². The number of aryl methyl sites for hydroxylation is 1. The summed E-state index contributed by atoms with van der Waals surface area (Å²) in [5.41, 5.74) is 2.28. The van der Waals surface area contributed by atoms with Crippen LogP contribution in [-0.2, 0) is 6.42 Å². The molecule has 0 unspecified atom stereocenters. The fourth-order valence-corrected chi connectivity index (χ4v) is 2.29. The third-order valence-corrected chi connectivity index (χ3v) is 3.49. The van der Waals surface area contributed by atoms with Crippen molar-refractivity contribution in [2.45, 2.75) is 12.8 Å². The van der Waals surface area contributed by atoms with Gasteiger partial charge in [0.2, 0.25) is 0 Å². The maximum atomic E-state index is 5.76. The topological polar surface area (TPSA) is 33.3 Å². The summed E-state index contributed by atoms with van der Waals surface area (Å²) in [7, 11) is 0. The van der Waals surface area contributed by atoms with Crippen LogP contribution in [0.3, 0.4) is 0 Å². The van der Waals surface area contributed by atoms with Crippen LogP contribution in [0.1, 0.15) is 12.0 Å². The second-order valence-corrected chi connectivity index (χ2v) is 5.49. The summed E-state index contributed by atoms with van der Waals surface area (Å²) >= 11 is 5.17. The Labute approximate surface area is 143 Å². The van der Waals surface area contributed by atoms with Crippen LogP contribution in [0.15, 0.2) is 67.3 Å². The van der Waals surface area contributed by atoms with E-state index in [4.69, 9.17) is 17.0 Å². The largest absolute Gasteiger partial charge is 0.494 e. The highest BCUT2D eigenvalue weighted by atomic mass is 32.1. The highest BCUT2D eigenvalue weighted by molar-refractivity contribution is 7.80. The smallest absolute Gasteiger partial charge is 0.171 e. The van der Waals surface area contributed by atoms with Crippen LogP contribution in [0.2, 0.25) is 0 Å². The summed E-state index contributed by atoms with van der Waals surface area (Å²) in [6, 6.07) is 18.2. The van der Waals surface area contributed by atoms with Crippen molar-refractivity contribution in [3.63, 3.8) is 0 Å². The van der Waals surface area contributed by atoms with Gasteiger partial charge < -0.3 is 15.4 Å². The first-order valence-corrected chi connectivity index (χ1v) is 8.11. The Morgan fingerprint density at radius 1 is 1.09 bits per heavy atom. The highest BCUT2D eigenvalue weighted by Gasteiger charge is 1.98. The number of ether oxygens (including phenoxy) is 1. The predicted octanol–water partition coefficient (Wildman–Crippen LogP) is 4.17. The van der Waals surface area contributed by atoms with Crippen LogP contribution in [-0.4, -0.2) is 18.3 Å². The van der Waals surface area contributed by atoms with E-state index >= 15 is 0 Å². The zero-order valence-corrected chi connectivity index (χ0v) is 13.9. The molecule has 0 bridgehead atoms. The molecule has 2 aromatic carbocycles. The molecule has 2 rings (SSSR count). The molecule has 0 heterocycles. The van der Waals surface area contributed by atoms with Crippen molar-refractivity contribution in [3.8, 4) is 5.75 Å². The molecule has 0 aromatic heterocycles. The zero-order valence-electron chi connectivity index (χ0n) is 13.1. The number of hydrogen-bond donors (Lipinski definition) is 2. The van der Waals surface area contributed by atoms with Crippen molar-refractivity contribution >= 4 is 23.0 Å². The summed E-state index contributed by atoms with van der Waals surface area (Å²) in [4.78, 5) is 0. The first kappa shape index (κ1) is 17.0. The normalized spacial score (nSPS) is 9.91. The van der Waals surface area contributed by atoms with E-state index in [9.17, 15) is 0 Å². The molecule has 0 aliphatic carbocycles. The van der Waals surface area contributed by atoms with Crippen LogP contribution < -0.4 is 15.4 Å². The third kappa shape index (κ3) is 6.53. The molecular weight excluding hydrogens is 304 g/mol. The van der Waals surface area contributed by atoms with Crippen molar-refractivity contribution in [1.82, 2.24) is 5.32 Å². The molecule has 3 nitrogen and oxygen atoms in total. The highest BCUT2D eigenvalue weighted by Crippen LogP contribution is 2.16. The fraction of sp³-hybridized carbons (Fsp3) is 0.211. The van der Waals surface area contributed by atoms with Crippen LogP contribution in [0.25, 0.3) is 0 Å². The molecule has 0 fully saturated rings. The Kier molecular flexibility index (Phi) is 7.14. The molecule has 0 radical (unpaired) electrons. The molecule has 23 heavy (non-hydrogen) atoms. The molecule has 0 aliphatic heterocycles. The maximum absolute atomic E-state index is 5.76. The number of thiocarbonyl (C=S) groups is 1. The summed E-state index contributed by atoms with van der Waals surface area (Å²) in [6.45, 7) is 5.00.